The minimum atomic E-state index is -0.0591. The van der Waals surface area contributed by atoms with Crippen molar-refractivity contribution in [1.82, 2.24) is 5.16 Å². The fourth-order valence-electron chi connectivity index (χ4n) is 1.70. The maximum Gasteiger partial charge on any atom is 0.221 e. The lowest BCUT2D eigenvalue weighted by molar-refractivity contribution is -0.114. The number of benzene rings is 1. The second-order valence-electron chi connectivity index (χ2n) is 4.30. The number of aromatic nitrogens is 1. The molecule has 100 valence electrons. The molecule has 1 amide bonds. The zero-order valence-corrected chi connectivity index (χ0v) is 12.0. The van der Waals surface area contributed by atoms with Crippen LogP contribution in [-0.2, 0) is 10.5 Å². The van der Waals surface area contributed by atoms with Crippen LogP contribution >= 0.6 is 11.8 Å². The molecule has 0 spiro atoms. The van der Waals surface area contributed by atoms with Crippen LogP contribution in [0.3, 0.4) is 0 Å². The highest BCUT2D eigenvalue weighted by Gasteiger charge is 2.09. The van der Waals surface area contributed by atoms with E-state index in [1.165, 1.54) is 6.92 Å². The molecule has 2 aromatic rings. The first kappa shape index (κ1) is 13.7. The average molecular weight is 276 g/mol. The van der Waals surface area contributed by atoms with Gasteiger partial charge in [-0.1, -0.05) is 5.16 Å². The summed E-state index contributed by atoms with van der Waals surface area (Å²) in [6.07, 6.45) is 0. The highest BCUT2D eigenvalue weighted by molar-refractivity contribution is 7.98. The molecule has 4 nitrogen and oxygen atoms in total. The molecular weight excluding hydrogens is 260 g/mol. The van der Waals surface area contributed by atoms with Gasteiger partial charge in [-0.25, -0.2) is 0 Å². The van der Waals surface area contributed by atoms with Crippen LogP contribution in [0.4, 0.5) is 5.69 Å². The van der Waals surface area contributed by atoms with Crippen molar-refractivity contribution in [1.29, 1.82) is 0 Å². The van der Waals surface area contributed by atoms with Crippen molar-refractivity contribution in [2.45, 2.75) is 31.4 Å². The molecule has 1 N–H and O–H groups in total. The Hall–Kier alpha value is -1.75. The Labute approximate surface area is 116 Å². The lowest BCUT2D eigenvalue weighted by Gasteiger charge is -2.04. The van der Waals surface area contributed by atoms with Crippen molar-refractivity contribution in [3.05, 3.63) is 41.3 Å². The van der Waals surface area contributed by atoms with Crippen molar-refractivity contribution < 1.29 is 9.32 Å². The topological polar surface area (TPSA) is 55.1 Å². The summed E-state index contributed by atoms with van der Waals surface area (Å²) in [5, 5.41) is 6.69. The molecular formula is C14H16N2O2S. The van der Waals surface area contributed by atoms with Gasteiger partial charge in [0.25, 0.3) is 0 Å². The third kappa shape index (κ3) is 3.61. The summed E-state index contributed by atoms with van der Waals surface area (Å²) in [5.74, 6) is 1.65. The van der Waals surface area contributed by atoms with Crippen LogP contribution in [0.15, 0.2) is 33.7 Å². The molecule has 1 aromatic carbocycles. The van der Waals surface area contributed by atoms with Crippen molar-refractivity contribution in [2.24, 2.45) is 0 Å². The van der Waals surface area contributed by atoms with Crippen molar-refractivity contribution in [3.8, 4) is 0 Å². The molecule has 0 aliphatic carbocycles. The smallest absolute Gasteiger partial charge is 0.221 e. The number of thioether (sulfide) groups is 1. The molecule has 0 saturated heterocycles. The zero-order chi connectivity index (χ0) is 13.8. The predicted octanol–water partition coefficient (Wildman–Crippen LogP) is 3.54. The number of nitrogens with zero attached hydrogens (tertiary/aromatic N) is 1. The van der Waals surface area contributed by atoms with E-state index in [-0.39, 0.29) is 5.91 Å². The number of hydrogen-bond donors (Lipinski definition) is 1. The number of aryl methyl sites for hydroxylation is 2. The maximum atomic E-state index is 10.9. The van der Waals surface area contributed by atoms with Crippen LogP contribution in [-0.4, -0.2) is 11.1 Å². The summed E-state index contributed by atoms with van der Waals surface area (Å²) in [5.41, 5.74) is 2.91. The van der Waals surface area contributed by atoms with Gasteiger partial charge in [0.1, 0.15) is 5.76 Å². The Morgan fingerprint density at radius 3 is 2.53 bits per heavy atom. The fourth-order valence-corrected chi connectivity index (χ4v) is 2.75. The van der Waals surface area contributed by atoms with Crippen LogP contribution in [0.5, 0.6) is 0 Å². The monoisotopic (exact) mass is 276 g/mol. The molecule has 0 aliphatic heterocycles. The highest BCUT2D eigenvalue weighted by Crippen LogP contribution is 2.27. The maximum absolute atomic E-state index is 10.9. The van der Waals surface area contributed by atoms with Crippen LogP contribution in [0.25, 0.3) is 0 Å². The Morgan fingerprint density at radius 2 is 2.00 bits per heavy atom. The lowest BCUT2D eigenvalue weighted by atomic mass is 10.2. The standard InChI is InChI=1S/C14H16N2O2S/c1-9-14(10(2)18-16-9)8-19-13-6-4-12(5-7-13)15-11(3)17/h4-7H,8H2,1-3H3,(H,15,17). The van der Waals surface area contributed by atoms with Crippen LogP contribution in [0.1, 0.15) is 23.9 Å². The molecule has 0 bridgehead atoms. The Balaban J connectivity index is 1.98. The molecule has 2 rings (SSSR count). The van der Waals surface area contributed by atoms with E-state index in [4.69, 9.17) is 4.52 Å². The number of anilines is 1. The predicted molar refractivity (Wildman–Crippen MR) is 76.3 cm³/mol. The Morgan fingerprint density at radius 1 is 1.32 bits per heavy atom. The van der Waals surface area contributed by atoms with E-state index >= 15 is 0 Å². The van der Waals surface area contributed by atoms with Gasteiger partial charge in [0.2, 0.25) is 5.91 Å². The Bertz CT molecular complexity index is 556. The lowest BCUT2D eigenvalue weighted by Crippen LogP contribution is -2.05. The van der Waals surface area contributed by atoms with Gasteiger partial charge in [-0.3, -0.25) is 4.79 Å². The van der Waals surface area contributed by atoms with Gasteiger partial charge in [-0.05, 0) is 38.1 Å². The molecule has 1 heterocycles. The second kappa shape index (κ2) is 5.93. The van der Waals surface area contributed by atoms with E-state index in [0.29, 0.717) is 0 Å². The SMILES string of the molecule is CC(=O)Nc1ccc(SCc2c(C)noc2C)cc1. The molecule has 0 radical (unpaired) electrons. The largest absolute Gasteiger partial charge is 0.361 e. The summed E-state index contributed by atoms with van der Waals surface area (Å²) < 4.78 is 5.14. The van der Waals surface area contributed by atoms with E-state index in [2.05, 4.69) is 10.5 Å². The van der Waals surface area contributed by atoms with Crippen molar-refractivity contribution in [3.63, 3.8) is 0 Å². The van der Waals surface area contributed by atoms with E-state index in [1.54, 1.807) is 11.8 Å². The summed E-state index contributed by atoms with van der Waals surface area (Å²) in [7, 11) is 0. The number of carbonyl (C=O) groups excluding carboxylic acids is 1. The summed E-state index contributed by atoms with van der Waals surface area (Å²) in [4.78, 5) is 12.1. The second-order valence-corrected chi connectivity index (χ2v) is 5.35. The van der Waals surface area contributed by atoms with Crippen molar-refractivity contribution in [2.75, 3.05) is 5.32 Å². The highest BCUT2D eigenvalue weighted by atomic mass is 32.2. The van der Waals surface area contributed by atoms with Gasteiger partial charge in [-0.15, -0.1) is 11.8 Å². The fraction of sp³-hybridized carbons (Fsp3) is 0.286. The quantitative estimate of drug-likeness (QED) is 0.868. The van der Waals surface area contributed by atoms with Gasteiger partial charge in [0, 0.05) is 28.8 Å². The summed E-state index contributed by atoms with van der Waals surface area (Å²) in [6.45, 7) is 5.38. The van der Waals surface area contributed by atoms with E-state index in [9.17, 15) is 4.79 Å². The number of rotatable bonds is 4. The molecule has 5 heteroatoms. The first-order chi connectivity index (χ1) is 9.06. The molecule has 0 atom stereocenters. The molecule has 0 saturated carbocycles. The first-order valence-electron chi connectivity index (χ1n) is 5.98. The van der Waals surface area contributed by atoms with Gasteiger partial charge < -0.3 is 9.84 Å². The van der Waals surface area contributed by atoms with Gasteiger partial charge in [0.15, 0.2) is 0 Å². The van der Waals surface area contributed by atoms with Crippen molar-refractivity contribution >= 4 is 23.4 Å². The third-order valence-corrected chi connectivity index (χ3v) is 3.78. The molecule has 0 aliphatic rings. The van der Waals surface area contributed by atoms with Crippen LogP contribution < -0.4 is 5.32 Å². The molecule has 19 heavy (non-hydrogen) atoms. The molecule has 1 aromatic heterocycles. The molecule has 0 fully saturated rings. The minimum Gasteiger partial charge on any atom is -0.361 e. The van der Waals surface area contributed by atoms with Gasteiger partial charge in [0.05, 0.1) is 5.69 Å². The van der Waals surface area contributed by atoms with Crippen LogP contribution in [0.2, 0.25) is 0 Å². The van der Waals surface area contributed by atoms with Gasteiger partial charge >= 0.3 is 0 Å². The summed E-state index contributed by atoms with van der Waals surface area (Å²) >= 11 is 1.72. The third-order valence-electron chi connectivity index (χ3n) is 2.74. The summed E-state index contributed by atoms with van der Waals surface area (Å²) in [6, 6.07) is 7.79. The first-order valence-corrected chi connectivity index (χ1v) is 6.97. The normalized spacial score (nSPS) is 10.5. The van der Waals surface area contributed by atoms with E-state index in [0.717, 1.165) is 33.4 Å². The number of carbonyl (C=O) groups is 1. The molecule has 0 unspecified atom stereocenters. The van der Waals surface area contributed by atoms with E-state index < -0.39 is 0 Å². The van der Waals surface area contributed by atoms with Gasteiger partial charge in [-0.2, -0.15) is 0 Å². The minimum absolute atomic E-state index is 0.0591. The average Bonchev–Trinajstić information content (AvgIpc) is 2.68. The zero-order valence-electron chi connectivity index (χ0n) is 11.2. The number of amides is 1. The Kier molecular flexibility index (Phi) is 4.27. The van der Waals surface area contributed by atoms with E-state index in [1.807, 2.05) is 38.1 Å². The number of hydrogen-bond acceptors (Lipinski definition) is 4. The number of nitrogens with one attached hydrogen (secondary N) is 1. The van der Waals surface area contributed by atoms with Crippen LogP contribution in [0, 0.1) is 13.8 Å².